The van der Waals surface area contributed by atoms with Gasteiger partial charge in [-0.2, -0.15) is 0 Å². The molecule has 4 nitrogen and oxygen atoms in total. The first-order valence-corrected chi connectivity index (χ1v) is 6.90. The second kappa shape index (κ2) is 5.19. The van der Waals surface area contributed by atoms with Crippen molar-refractivity contribution in [3.63, 3.8) is 0 Å². The first-order chi connectivity index (χ1) is 8.90. The van der Waals surface area contributed by atoms with E-state index in [1.54, 1.807) is 4.90 Å². The lowest BCUT2D eigenvalue weighted by Crippen LogP contribution is -2.40. The number of ether oxygens (including phenoxy) is 1. The molecule has 2 rings (SSSR count). The zero-order chi connectivity index (χ0) is 14.0. The third-order valence-corrected chi connectivity index (χ3v) is 3.07. The van der Waals surface area contributed by atoms with Crippen LogP contribution in [0.15, 0.2) is 12.1 Å². The van der Waals surface area contributed by atoms with Crippen LogP contribution in [0.4, 0.5) is 10.6 Å². The zero-order valence-corrected chi connectivity index (χ0v) is 12.2. The van der Waals surface area contributed by atoms with Gasteiger partial charge in [0.25, 0.3) is 0 Å². The number of pyridine rings is 1. The molecule has 1 aliphatic rings. The molecule has 0 radical (unpaired) electrons. The zero-order valence-electron chi connectivity index (χ0n) is 12.2. The van der Waals surface area contributed by atoms with Gasteiger partial charge in [0.1, 0.15) is 11.4 Å². The number of aryl methyl sites for hydroxylation is 2. The Balaban J connectivity index is 2.28. The molecule has 1 aliphatic heterocycles. The highest BCUT2D eigenvalue weighted by Gasteiger charge is 2.28. The van der Waals surface area contributed by atoms with E-state index >= 15 is 0 Å². The van der Waals surface area contributed by atoms with Crippen molar-refractivity contribution in [3.8, 4) is 0 Å². The van der Waals surface area contributed by atoms with Crippen LogP contribution in [-0.4, -0.2) is 23.2 Å². The van der Waals surface area contributed by atoms with Gasteiger partial charge >= 0.3 is 6.09 Å². The molecule has 19 heavy (non-hydrogen) atoms. The second-order valence-electron chi connectivity index (χ2n) is 5.87. The van der Waals surface area contributed by atoms with Gasteiger partial charge in [-0.3, -0.25) is 4.90 Å². The summed E-state index contributed by atoms with van der Waals surface area (Å²) in [6.07, 6.45) is 2.51. The van der Waals surface area contributed by atoms with E-state index in [1.807, 2.05) is 26.8 Å². The maximum atomic E-state index is 12.2. The molecular weight excluding hydrogens is 240 g/mol. The lowest BCUT2D eigenvalue weighted by Gasteiger charge is -2.31. The van der Waals surface area contributed by atoms with Crippen molar-refractivity contribution in [2.75, 3.05) is 11.4 Å². The minimum atomic E-state index is -0.475. The normalized spacial score (nSPS) is 15.1. The maximum absolute atomic E-state index is 12.2. The molecule has 1 aromatic rings. The van der Waals surface area contributed by atoms with Gasteiger partial charge in [0, 0.05) is 12.2 Å². The third kappa shape index (κ3) is 3.25. The summed E-state index contributed by atoms with van der Waals surface area (Å²) in [5.41, 5.74) is 1.67. The van der Waals surface area contributed by atoms with Gasteiger partial charge in [0.15, 0.2) is 0 Å². The Morgan fingerprint density at radius 1 is 1.42 bits per heavy atom. The Labute approximate surface area is 114 Å². The van der Waals surface area contributed by atoms with E-state index in [0.29, 0.717) is 6.54 Å². The topological polar surface area (TPSA) is 42.4 Å². The van der Waals surface area contributed by atoms with Gasteiger partial charge in [-0.15, -0.1) is 0 Å². The van der Waals surface area contributed by atoms with Gasteiger partial charge in [-0.05, 0) is 51.7 Å². The van der Waals surface area contributed by atoms with Crippen LogP contribution >= 0.6 is 0 Å². The fourth-order valence-electron chi connectivity index (χ4n) is 2.17. The fraction of sp³-hybridized carbons (Fsp3) is 0.600. The van der Waals surface area contributed by atoms with Gasteiger partial charge in [-0.1, -0.05) is 13.0 Å². The molecule has 0 aliphatic carbocycles. The lowest BCUT2D eigenvalue weighted by molar-refractivity contribution is 0.0576. The van der Waals surface area contributed by atoms with Crippen molar-refractivity contribution in [2.24, 2.45) is 0 Å². The number of fused-ring (bicyclic) bond motifs is 1. The first kappa shape index (κ1) is 13.8. The van der Waals surface area contributed by atoms with Crippen LogP contribution in [0.2, 0.25) is 0 Å². The third-order valence-electron chi connectivity index (χ3n) is 3.07. The minimum Gasteiger partial charge on any atom is -0.443 e. The largest absolute Gasteiger partial charge is 0.443 e. The van der Waals surface area contributed by atoms with Crippen LogP contribution in [0, 0.1) is 0 Å². The molecule has 1 amide bonds. The molecule has 0 aromatic carbocycles. The highest BCUT2D eigenvalue weighted by molar-refractivity contribution is 5.88. The molecule has 0 spiro atoms. The van der Waals surface area contributed by atoms with Gasteiger partial charge in [0.05, 0.1) is 0 Å². The average molecular weight is 262 g/mol. The first-order valence-electron chi connectivity index (χ1n) is 6.90. The number of rotatable bonds is 1. The molecule has 1 aromatic heterocycles. The highest BCUT2D eigenvalue weighted by Crippen LogP contribution is 2.27. The van der Waals surface area contributed by atoms with E-state index in [2.05, 4.69) is 18.0 Å². The van der Waals surface area contributed by atoms with Crippen LogP contribution in [0.25, 0.3) is 0 Å². The Morgan fingerprint density at radius 2 is 2.16 bits per heavy atom. The summed E-state index contributed by atoms with van der Waals surface area (Å²) < 4.78 is 5.45. The van der Waals surface area contributed by atoms with Gasteiger partial charge in [0.2, 0.25) is 0 Å². The van der Waals surface area contributed by atoms with E-state index in [4.69, 9.17) is 4.74 Å². The van der Waals surface area contributed by atoms with Crippen LogP contribution in [0.3, 0.4) is 0 Å². The van der Waals surface area contributed by atoms with E-state index in [0.717, 1.165) is 36.3 Å². The minimum absolute atomic E-state index is 0.297. The highest BCUT2D eigenvalue weighted by atomic mass is 16.6. The van der Waals surface area contributed by atoms with Crippen molar-refractivity contribution in [1.29, 1.82) is 0 Å². The number of aromatic nitrogens is 1. The predicted molar refractivity (Wildman–Crippen MR) is 75.5 cm³/mol. The molecule has 104 valence electrons. The van der Waals surface area contributed by atoms with Crippen molar-refractivity contribution in [2.45, 2.75) is 52.6 Å². The van der Waals surface area contributed by atoms with E-state index in [-0.39, 0.29) is 6.09 Å². The van der Waals surface area contributed by atoms with Crippen LogP contribution < -0.4 is 4.90 Å². The SMILES string of the molecule is CCc1ccc2c(n1)N(C(=O)OC(C)(C)C)CCC2. The Bertz CT molecular complexity index is 478. The van der Waals surface area contributed by atoms with Gasteiger partial charge < -0.3 is 4.74 Å². The van der Waals surface area contributed by atoms with E-state index in [9.17, 15) is 4.79 Å². The summed E-state index contributed by atoms with van der Waals surface area (Å²) in [5.74, 6) is 0.778. The van der Waals surface area contributed by atoms with Crippen LogP contribution in [-0.2, 0) is 17.6 Å². The molecule has 2 heterocycles. The average Bonchev–Trinajstić information content (AvgIpc) is 2.35. The number of hydrogen-bond acceptors (Lipinski definition) is 3. The maximum Gasteiger partial charge on any atom is 0.416 e. The van der Waals surface area contributed by atoms with Crippen LogP contribution in [0.1, 0.15) is 45.4 Å². The summed E-state index contributed by atoms with van der Waals surface area (Å²) in [5, 5.41) is 0. The number of carbonyl (C=O) groups is 1. The summed E-state index contributed by atoms with van der Waals surface area (Å²) in [7, 11) is 0. The molecule has 0 saturated heterocycles. The molecule has 0 fully saturated rings. The van der Waals surface area contributed by atoms with Crippen molar-refractivity contribution in [3.05, 3.63) is 23.4 Å². The summed E-state index contributed by atoms with van der Waals surface area (Å²) in [4.78, 5) is 18.5. The molecule has 0 atom stereocenters. The second-order valence-corrected chi connectivity index (χ2v) is 5.87. The van der Waals surface area contributed by atoms with Crippen molar-refractivity contribution >= 4 is 11.9 Å². The fourth-order valence-corrected chi connectivity index (χ4v) is 2.17. The molecule has 0 saturated carbocycles. The number of hydrogen-bond donors (Lipinski definition) is 0. The van der Waals surface area contributed by atoms with Crippen molar-refractivity contribution in [1.82, 2.24) is 4.98 Å². The molecular formula is C15H22N2O2. The number of carbonyl (C=O) groups excluding carboxylic acids is 1. The van der Waals surface area contributed by atoms with Crippen molar-refractivity contribution < 1.29 is 9.53 Å². The number of anilines is 1. The lowest BCUT2D eigenvalue weighted by atomic mass is 10.1. The summed E-state index contributed by atoms with van der Waals surface area (Å²) in [6, 6.07) is 4.12. The number of nitrogens with zero attached hydrogens (tertiary/aromatic N) is 2. The monoisotopic (exact) mass is 262 g/mol. The van der Waals surface area contributed by atoms with E-state index in [1.165, 1.54) is 0 Å². The quantitative estimate of drug-likeness (QED) is 0.779. The molecule has 4 heteroatoms. The Hall–Kier alpha value is -1.58. The standard InChI is InChI=1S/C15H22N2O2/c1-5-12-9-8-11-7-6-10-17(13(11)16-12)14(18)19-15(2,3)4/h8-9H,5-7,10H2,1-4H3. The van der Waals surface area contributed by atoms with E-state index < -0.39 is 5.60 Å². The van der Waals surface area contributed by atoms with Crippen LogP contribution in [0.5, 0.6) is 0 Å². The Kier molecular flexibility index (Phi) is 3.78. The molecule has 0 bridgehead atoms. The molecule has 0 unspecified atom stereocenters. The Morgan fingerprint density at radius 3 is 2.79 bits per heavy atom. The number of amides is 1. The predicted octanol–water partition coefficient (Wildman–Crippen LogP) is 3.33. The van der Waals surface area contributed by atoms with Gasteiger partial charge in [-0.25, -0.2) is 9.78 Å². The smallest absolute Gasteiger partial charge is 0.416 e. The summed E-state index contributed by atoms with van der Waals surface area (Å²) in [6.45, 7) is 8.39. The molecule has 0 N–H and O–H groups in total. The summed E-state index contributed by atoms with van der Waals surface area (Å²) >= 11 is 0.